The van der Waals surface area contributed by atoms with E-state index < -0.39 is 5.60 Å². The predicted octanol–water partition coefficient (Wildman–Crippen LogP) is 3.16. The summed E-state index contributed by atoms with van der Waals surface area (Å²) in [6.07, 6.45) is 2.00. The molecule has 1 aromatic rings. The Labute approximate surface area is 97.0 Å². The zero-order chi connectivity index (χ0) is 10.0. The van der Waals surface area contributed by atoms with Crippen molar-refractivity contribution in [1.29, 1.82) is 0 Å². The molecule has 1 heterocycles. The monoisotopic (exact) mass is 272 g/mol. The molecule has 14 heavy (non-hydrogen) atoms. The molecule has 1 nitrogen and oxygen atoms in total. The number of halogens is 1. The van der Waals surface area contributed by atoms with Crippen molar-refractivity contribution in [1.82, 2.24) is 0 Å². The Kier molecular flexibility index (Phi) is 3.20. The number of hydrogen-bond acceptors (Lipinski definition) is 2. The van der Waals surface area contributed by atoms with E-state index in [0.29, 0.717) is 0 Å². The van der Waals surface area contributed by atoms with Crippen molar-refractivity contribution < 1.29 is 5.11 Å². The second-order valence-electron chi connectivity index (χ2n) is 3.69. The highest BCUT2D eigenvalue weighted by Crippen LogP contribution is 2.35. The number of thioether (sulfide) groups is 1. The van der Waals surface area contributed by atoms with Gasteiger partial charge in [-0.15, -0.1) is 0 Å². The van der Waals surface area contributed by atoms with Gasteiger partial charge in [-0.05, 0) is 36.3 Å². The van der Waals surface area contributed by atoms with Gasteiger partial charge in [0.25, 0.3) is 0 Å². The highest BCUT2D eigenvalue weighted by atomic mass is 79.9. The SMILES string of the molecule is O[C@@]1(c2ccc(Br)cc2)CCCSC1. The Balaban J connectivity index is 2.23. The molecule has 3 heteroatoms. The summed E-state index contributed by atoms with van der Waals surface area (Å²) in [7, 11) is 0. The molecule has 1 aromatic carbocycles. The molecule has 1 N–H and O–H groups in total. The number of rotatable bonds is 1. The topological polar surface area (TPSA) is 20.2 Å². The summed E-state index contributed by atoms with van der Waals surface area (Å²) in [5, 5.41) is 10.4. The van der Waals surface area contributed by atoms with Crippen molar-refractivity contribution in [3.05, 3.63) is 34.3 Å². The first-order valence-corrected chi connectivity index (χ1v) is 6.72. The van der Waals surface area contributed by atoms with Gasteiger partial charge < -0.3 is 5.11 Å². The molecule has 0 aliphatic carbocycles. The number of benzene rings is 1. The fourth-order valence-corrected chi connectivity index (χ4v) is 3.17. The lowest BCUT2D eigenvalue weighted by molar-refractivity contribution is 0.0495. The van der Waals surface area contributed by atoms with Crippen LogP contribution in [0.4, 0.5) is 0 Å². The fourth-order valence-electron chi connectivity index (χ4n) is 1.77. The van der Waals surface area contributed by atoms with Gasteiger partial charge in [-0.1, -0.05) is 28.1 Å². The Bertz CT molecular complexity index is 304. The van der Waals surface area contributed by atoms with Crippen LogP contribution in [0.25, 0.3) is 0 Å². The van der Waals surface area contributed by atoms with E-state index in [0.717, 1.165) is 28.6 Å². The molecule has 0 unspecified atom stereocenters. The van der Waals surface area contributed by atoms with Gasteiger partial charge >= 0.3 is 0 Å². The van der Waals surface area contributed by atoms with Crippen molar-refractivity contribution in [2.45, 2.75) is 18.4 Å². The Hall–Kier alpha value is 0.01000. The molecular formula is C11H13BrOS. The maximum absolute atomic E-state index is 10.4. The maximum atomic E-state index is 10.4. The van der Waals surface area contributed by atoms with Crippen molar-refractivity contribution in [2.24, 2.45) is 0 Å². The molecule has 1 saturated heterocycles. The van der Waals surface area contributed by atoms with Crippen molar-refractivity contribution in [2.75, 3.05) is 11.5 Å². The highest BCUT2D eigenvalue weighted by molar-refractivity contribution is 9.10. The summed E-state index contributed by atoms with van der Waals surface area (Å²) in [6, 6.07) is 8.01. The summed E-state index contributed by atoms with van der Waals surface area (Å²) in [5.74, 6) is 2.01. The zero-order valence-corrected chi connectivity index (χ0v) is 10.3. The van der Waals surface area contributed by atoms with E-state index in [9.17, 15) is 5.11 Å². The minimum absolute atomic E-state index is 0.594. The molecule has 1 aliphatic heterocycles. The summed E-state index contributed by atoms with van der Waals surface area (Å²) >= 11 is 5.24. The van der Waals surface area contributed by atoms with Crippen LogP contribution in [0.15, 0.2) is 28.7 Å². The molecule has 1 aliphatic rings. The third-order valence-corrected chi connectivity index (χ3v) is 4.39. The van der Waals surface area contributed by atoms with Crippen LogP contribution in [0.2, 0.25) is 0 Å². The van der Waals surface area contributed by atoms with Crippen LogP contribution in [0.1, 0.15) is 18.4 Å². The van der Waals surface area contributed by atoms with Crippen LogP contribution in [0, 0.1) is 0 Å². The van der Waals surface area contributed by atoms with E-state index in [1.54, 1.807) is 0 Å². The summed E-state index contributed by atoms with van der Waals surface area (Å²) in [4.78, 5) is 0. The van der Waals surface area contributed by atoms with Crippen molar-refractivity contribution in [3.8, 4) is 0 Å². The third kappa shape index (κ3) is 2.15. The highest BCUT2D eigenvalue weighted by Gasteiger charge is 2.31. The lowest BCUT2D eigenvalue weighted by atomic mass is 9.91. The van der Waals surface area contributed by atoms with E-state index in [2.05, 4.69) is 15.9 Å². The van der Waals surface area contributed by atoms with Gasteiger partial charge in [-0.3, -0.25) is 0 Å². The van der Waals surface area contributed by atoms with Crippen LogP contribution < -0.4 is 0 Å². The zero-order valence-electron chi connectivity index (χ0n) is 7.87. The summed E-state index contributed by atoms with van der Waals surface area (Å²) < 4.78 is 1.06. The van der Waals surface area contributed by atoms with Crippen LogP contribution in [-0.2, 0) is 5.60 Å². The second kappa shape index (κ2) is 4.25. The van der Waals surface area contributed by atoms with Gasteiger partial charge in [0.05, 0.1) is 5.60 Å². The fraction of sp³-hybridized carbons (Fsp3) is 0.455. The van der Waals surface area contributed by atoms with E-state index in [4.69, 9.17) is 0 Å². The van der Waals surface area contributed by atoms with Crippen LogP contribution in [0.5, 0.6) is 0 Å². The Morgan fingerprint density at radius 2 is 2.00 bits per heavy atom. The van der Waals surface area contributed by atoms with Gasteiger partial charge in [0.2, 0.25) is 0 Å². The molecule has 1 atom stereocenters. The summed E-state index contributed by atoms with van der Waals surface area (Å²) in [6.45, 7) is 0. The van der Waals surface area contributed by atoms with Crippen molar-refractivity contribution >= 4 is 27.7 Å². The molecule has 0 saturated carbocycles. The van der Waals surface area contributed by atoms with E-state index in [1.165, 1.54) is 5.75 Å². The lowest BCUT2D eigenvalue weighted by Gasteiger charge is -2.32. The molecule has 0 radical (unpaired) electrons. The van der Waals surface area contributed by atoms with E-state index in [1.807, 2.05) is 36.0 Å². The van der Waals surface area contributed by atoms with E-state index >= 15 is 0 Å². The average Bonchev–Trinajstić information content (AvgIpc) is 2.19. The first-order chi connectivity index (χ1) is 6.71. The van der Waals surface area contributed by atoms with Gasteiger partial charge in [0.15, 0.2) is 0 Å². The first-order valence-electron chi connectivity index (χ1n) is 4.77. The third-order valence-electron chi connectivity index (χ3n) is 2.60. The summed E-state index contributed by atoms with van der Waals surface area (Å²) in [5.41, 5.74) is 0.455. The maximum Gasteiger partial charge on any atom is 0.0986 e. The quantitative estimate of drug-likeness (QED) is 0.848. The van der Waals surface area contributed by atoms with Crippen LogP contribution in [-0.4, -0.2) is 16.6 Å². The van der Waals surface area contributed by atoms with Gasteiger partial charge in [0, 0.05) is 10.2 Å². The smallest absolute Gasteiger partial charge is 0.0986 e. The molecule has 1 fully saturated rings. The van der Waals surface area contributed by atoms with Crippen LogP contribution >= 0.6 is 27.7 Å². The normalized spacial score (nSPS) is 27.6. The second-order valence-corrected chi connectivity index (χ2v) is 5.72. The Morgan fingerprint density at radius 1 is 1.29 bits per heavy atom. The minimum atomic E-state index is -0.594. The molecular weight excluding hydrogens is 260 g/mol. The molecule has 0 amide bonds. The molecule has 76 valence electrons. The number of aliphatic hydroxyl groups is 1. The Morgan fingerprint density at radius 3 is 2.57 bits per heavy atom. The largest absolute Gasteiger partial charge is 0.384 e. The average molecular weight is 273 g/mol. The minimum Gasteiger partial charge on any atom is -0.384 e. The molecule has 0 bridgehead atoms. The standard InChI is InChI=1S/C11H13BrOS/c12-10-4-2-9(3-5-10)11(13)6-1-7-14-8-11/h2-5,13H,1,6-8H2/t11-/m0/s1. The lowest BCUT2D eigenvalue weighted by Crippen LogP contribution is -2.31. The van der Waals surface area contributed by atoms with Gasteiger partial charge in [-0.25, -0.2) is 0 Å². The first kappa shape index (κ1) is 10.5. The van der Waals surface area contributed by atoms with Crippen LogP contribution in [0.3, 0.4) is 0 Å². The molecule has 2 rings (SSSR count). The van der Waals surface area contributed by atoms with Gasteiger partial charge in [-0.2, -0.15) is 11.8 Å². The number of hydrogen-bond donors (Lipinski definition) is 1. The van der Waals surface area contributed by atoms with Gasteiger partial charge in [0.1, 0.15) is 0 Å². The molecule has 0 aromatic heterocycles. The predicted molar refractivity (Wildman–Crippen MR) is 64.6 cm³/mol. The van der Waals surface area contributed by atoms with Crippen molar-refractivity contribution in [3.63, 3.8) is 0 Å². The molecule has 0 spiro atoms. The van der Waals surface area contributed by atoms with E-state index in [-0.39, 0.29) is 0 Å².